The zero-order valence-electron chi connectivity index (χ0n) is 12.0. The Kier molecular flexibility index (Phi) is 5.70. The monoisotopic (exact) mass is 405 g/mol. The van der Waals surface area contributed by atoms with Crippen LogP contribution in [0.5, 0.6) is 0 Å². The minimum atomic E-state index is -4.48. The van der Waals surface area contributed by atoms with E-state index in [4.69, 9.17) is 16.4 Å². The van der Waals surface area contributed by atoms with Gasteiger partial charge in [0.05, 0.1) is 11.3 Å². The minimum Gasteiger partial charge on any atom is -0.391 e. The second kappa shape index (κ2) is 7.36. The zero-order valence-corrected chi connectivity index (χ0v) is 14.3. The summed E-state index contributed by atoms with van der Waals surface area (Å²) in [7, 11) is 0. The maximum absolute atomic E-state index is 13.0. The number of nitrogens with zero attached hydrogens (tertiary/aromatic N) is 1. The van der Waals surface area contributed by atoms with E-state index in [1.165, 1.54) is 19.1 Å². The van der Waals surface area contributed by atoms with E-state index in [-0.39, 0.29) is 22.9 Å². The second-order valence-electron chi connectivity index (χ2n) is 4.76. The first kappa shape index (κ1) is 17.8. The van der Waals surface area contributed by atoms with Crippen LogP contribution in [0.4, 0.5) is 13.2 Å². The molecule has 0 spiro atoms. The maximum atomic E-state index is 13.0. The van der Waals surface area contributed by atoms with Crippen LogP contribution in [-0.4, -0.2) is 5.71 Å². The molecular weight excluding hydrogens is 395 g/mol. The third-order valence-corrected chi connectivity index (χ3v) is 3.79. The lowest BCUT2D eigenvalue weighted by molar-refractivity contribution is -0.137. The summed E-state index contributed by atoms with van der Waals surface area (Å²) < 4.78 is 40.0. The highest BCUT2D eigenvalue weighted by molar-refractivity contribution is 9.10. The van der Waals surface area contributed by atoms with Crippen molar-refractivity contribution in [2.45, 2.75) is 19.7 Å². The molecule has 0 aliphatic heterocycles. The van der Waals surface area contributed by atoms with Gasteiger partial charge in [0, 0.05) is 15.1 Å². The van der Waals surface area contributed by atoms with Crippen LogP contribution in [0.3, 0.4) is 0 Å². The number of hydrogen-bond donors (Lipinski definition) is 0. The topological polar surface area (TPSA) is 21.6 Å². The van der Waals surface area contributed by atoms with Gasteiger partial charge >= 0.3 is 6.18 Å². The van der Waals surface area contributed by atoms with E-state index >= 15 is 0 Å². The average Bonchev–Trinajstić information content (AvgIpc) is 2.48. The van der Waals surface area contributed by atoms with Gasteiger partial charge < -0.3 is 4.84 Å². The number of oxime groups is 1. The van der Waals surface area contributed by atoms with Crippen LogP contribution in [0.2, 0.25) is 5.02 Å². The van der Waals surface area contributed by atoms with Crippen molar-refractivity contribution < 1.29 is 18.0 Å². The average molecular weight is 407 g/mol. The van der Waals surface area contributed by atoms with Crippen molar-refractivity contribution in [2.24, 2.45) is 5.16 Å². The summed E-state index contributed by atoms with van der Waals surface area (Å²) in [5.41, 5.74) is 0.0695. The number of alkyl halides is 3. The molecular formula is C16H12BrClF3NO. The molecule has 0 aromatic heterocycles. The van der Waals surface area contributed by atoms with E-state index in [0.29, 0.717) is 0 Å². The molecule has 0 N–H and O–H groups in total. The van der Waals surface area contributed by atoms with Crippen LogP contribution in [0, 0.1) is 0 Å². The van der Waals surface area contributed by atoms with Gasteiger partial charge in [0.25, 0.3) is 0 Å². The SMILES string of the molecule is CC(=NOCc1ccc(Br)cc1)c1cc(Cl)ccc1C(F)(F)F. The van der Waals surface area contributed by atoms with Crippen molar-refractivity contribution in [3.8, 4) is 0 Å². The minimum absolute atomic E-state index is 0.0965. The van der Waals surface area contributed by atoms with Gasteiger partial charge in [-0.15, -0.1) is 0 Å². The number of hydrogen-bond acceptors (Lipinski definition) is 2. The van der Waals surface area contributed by atoms with Gasteiger partial charge in [-0.2, -0.15) is 13.2 Å². The van der Waals surface area contributed by atoms with E-state index < -0.39 is 11.7 Å². The highest BCUT2D eigenvalue weighted by atomic mass is 79.9. The fourth-order valence-electron chi connectivity index (χ4n) is 1.90. The quantitative estimate of drug-likeness (QED) is 0.446. The van der Waals surface area contributed by atoms with E-state index in [1.54, 1.807) is 0 Å². The normalized spacial score (nSPS) is 12.3. The highest BCUT2D eigenvalue weighted by Gasteiger charge is 2.34. The van der Waals surface area contributed by atoms with Crippen LogP contribution >= 0.6 is 27.5 Å². The summed E-state index contributed by atoms with van der Waals surface area (Å²) in [5.74, 6) is 0. The van der Waals surface area contributed by atoms with Crippen molar-refractivity contribution in [3.63, 3.8) is 0 Å². The molecule has 2 aromatic carbocycles. The lowest BCUT2D eigenvalue weighted by atomic mass is 10.0. The molecule has 0 unspecified atom stereocenters. The summed E-state index contributed by atoms with van der Waals surface area (Å²) in [6.07, 6.45) is -4.48. The van der Waals surface area contributed by atoms with Crippen molar-refractivity contribution in [3.05, 3.63) is 68.7 Å². The van der Waals surface area contributed by atoms with Gasteiger partial charge in [0.2, 0.25) is 0 Å². The van der Waals surface area contributed by atoms with Crippen molar-refractivity contribution >= 4 is 33.2 Å². The molecule has 0 saturated carbocycles. The lowest BCUT2D eigenvalue weighted by Crippen LogP contribution is -2.12. The molecule has 122 valence electrons. The van der Waals surface area contributed by atoms with Crippen molar-refractivity contribution in [1.29, 1.82) is 0 Å². The number of rotatable bonds is 4. The Morgan fingerprint density at radius 2 is 1.83 bits per heavy atom. The van der Waals surface area contributed by atoms with Crippen LogP contribution < -0.4 is 0 Å². The molecule has 0 atom stereocenters. The fraction of sp³-hybridized carbons (Fsp3) is 0.188. The molecule has 2 rings (SSSR count). The van der Waals surface area contributed by atoms with Crippen molar-refractivity contribution in [1.82, 2.24) is 0 Å². The van der Waals surface area contributed by atoms with Crippen LogP contribution in [0.1, 0.15) is 23.6 Å². The van der Waals surface area contributed by atoms with E-state index in [2.05, 4.69) is 21.1 Å². The molecule has 0 radical (unpaired) electrons. The molecule has 0 heterocycles. The Labute approximate surface area is 145 Å². The maximum Gasteiger partial charge on any atom is 0.417 e. The van der Waals surface area contributed by atoms with Crippen LogP contribution in [0.25, 0.3) is 0 Å². The number of halogens is 5. The lowest BCUT2D eigenvalue weighted by Gasteiger charge is -2.12. The second-order valence-corrected chi connectivity index (χ2v) is 6.12. The summed E-state index contributed by atoms with van der Waals surface area (Å²) in [4.78, 5) is 5.15. The third kappa shape index (κ3) is 4.97. The first-order valence-electron chi connectivity index (χ1n) is 6.55. The zero-order chi connectivity index (χ0) is 17.0. The standard InChI is InChI=1S/C16H12BrClF3NO/c1-10(22-23-9-11-2-4-12(17)5-3-11)14-8-13(18)6-7-15(14)16(19,20)21/h2-8H,9H2,1H3. The molecule has 0 aliphatic rings. The van der Waals surface area contributed by atoms with Gasteiger partial charge in [-0.3, -0.25) is 0 Å². The van der Waals surface area contributed by atoms with Crippen molar-refractivity contribution in [2.75, 3.05) is 0 Å². The van der Waals surface area contributed by atoms with E-state index in [1.807, 2.05) is 24.3 Å². The third-order valence-electron chi connectivity index (χ3n) is 3.02. The summed E-state index contributed by atoms with van der Waals surface area (Å²) in [6.45, 7) is 1.61. The van der Waals surface area contributed by atoms with Crippen LogP contribution in [-0.2, 0) is 17.6 Å². The molecule has 23 heavy (non-hydrogen) atoms. The van der Waals surface area contributed by atoms with Gasteiger partial charge in [-0.25, -0.2) is 0 Å². The molecule has 0 amide bonds. The Bertz CT molecular complexity index is 714. The van der Waals surface area contributed by atoms with E-state index in [0.717, 1.165) is 16.1 Å². The Morgan fingerprint density at radius 1 is 1.17 bits per heavy atom. The molecule has 7 heteroatoms. The first-order chi connectivity index (χ1) is 10.8. The molecule has 2 aromatic rings. The van der Waals surface area contributed by atoms with Gasteiger partial charge in [-0.05, 0) is 42.8 Å². The highest BCUT2D eigenvalue weighted by Crippen LogP contribution is 2.33. The number of benzene rings is 2. The molecule has 0 aliphatic carbocycles. The fourth-order valence-corrected chi connectivity index (χ4v) is 2.33. The molecule has 2 nitrogen and oxygen atoms in total. The summed E-state index contributed by atoms with van der Waals surface area (Å²) in [6, 6.07) is 10.7. The smallest absolute Gasteiger partial charge is 0.391 e. The molecule has 0 bridgehead atoms. The van der Waals surface area contributed by atoms with E-state index in [9.17, 15) is 13.2 Å². The molecule has 0 saturated heterocycles. The summed E-state index contributed by atoms with van der Waals surface area (Å²) in [5, 5.41) is 3.98. The van der Waals surface area contributed by atoms with Gasteiger partial charge in [0.15, 0.2) is 0 Å². The van der Waals surface area contributed by atoms with Crippen LogP contribution in [0.15, 0.2) is 52.1 Å². The Morgan fingerprint density at radius 3 is 2.43 bits per heavy atom. The predicted molar refractivity (Wildman–Crippen MR) is 87.6 cm³/mol. The Balaban J connectivity index is 2.17. The predicted octanol–water partition coefficient (Wildman–Crippen LogP) is 6.06. The van der Waals surface area contributed by atoms with Gasteiger partial charge in [0.1, 0.15) is 6.61 Å². The largest absolute Gasteiger partial charge is 0.417 e. The van der Waals surface area contributed by atoms with Gasteiger partial charge in [-0.1, -0.05) is 44.8 Å². The first-order valence-corrected chi connectivity index (χ1v) is 7.72. The summed E-state index contributed by atoms with van der Waals surface area (Å²) >= 11 is 9.10. The Hall–Kier alpha value is -1.53. The molecule has 0 fully saturated rings.